The smallest absolute Gasteiger partial charge is 0.158 e. The first kappa shape index (κ1) is 6.46. The van der Waals surface area contributed by atoms with Gasteiger partial charge in [0, 0.05) is 6.42 Å². The van der Waals surface area contributed by atoms with Gasteiger partial charge in [0.2, 0.25) is 0 Å². The molecule has 0 spiro atoms. The number of ether oxygens (including phenoxy) is 1. The summed E-state index contributed by atoms with van der Waals surface area (Å²) in [6, 6.07) is 0. The van der Waals surface area contributed by atoms with Gasteiger partial charge >= 0.3 is 0 Å². The molecule has 1 aliphatic heterocycles. The lowest BCUT2D eigenvalue weighted by molar-refractivity contribution is 0.225. The zero-order chi connectivity index (χ0) is 6.69. The van der Waals surface area contributed by atoms with Gasteiger partial charge in [0.1, 0.15) is 5.76 Å². The highest BCUT2D eigenvalue weighted by Gasteiger charge is 2.09. The number of allylic oxidation sites excluding steroid dienone is 2. The monoisotopic (exact) mass is 127 g/mol. The van der Waals surface area contributed by atoms with Crippen LogP contribution in [-0.2, 0) is 4.74 Å². The van der Waals surface area contributed by atoms with Gasteiger partial charge in [0.25, 0.3) is 0 Å². The van der Waals surface area contributed by atoms with Crippen molar-refractivity contribution in [2.24, 2.45) is 0 Å². The van der Waals surface area contributed by atoms with Crippen LogP contribution in [0.2, 0.25) is 0 Å². The summed E-state index contributed by atoms with van der Waals surface area (Å²) in [6.45, 7) is 4.91. The molecule has 52 valence electrons. The van der Waals surface area contributed by atoms with Crippen molar-refractivity contribution in [2.75, 3.05) is 6.73 Å². The lowest BCUT2D eigenvalue weighted by atomic mass is 10.2. The summed E-state index contributed by atoms with van der Waals surface area (Å²) in [4.78, 5) is 0. The van der Waals surface area contributed by atoms with E-state index in [1.807, 2.05) is 0 Å². The second-order valence-corrected chi connectivity index (χ2v) is 2.07. The van der Waals surface area contributed by atoms with Crippen LogP contribution in [0.4, 0.5) is 0 Å². The van der Waals surface area contributed by atoms with Gasteiger partial charge in [-0.05, 0) is 6.42 Å². The highest BCUT2D eigenvalue weighted by molar-refractivity contribution is 5.08. The van der Waals surface area contributed by atoms with Gasteiger partial charge in [0.15, 0.2) is 6.73 Å². The van der Waals surface area contributed by atoms with E-state index in [2.05, 4.69) is 19.2 Å². The average Bonchev–Trinajstić information content (AvgIpc) is 2.33. The highest BCUT2D eigenvalue weighted by Crippen LogP contribution is 2.15. The molecule has 1 rings (SSSR count). The Morgan fingerprint density at radius 2 is 2.22 bits per heavy atom. The third-order valence-corrected chi connectivity index (χ3v) is 1.54. The van der Waals surface area contributed by atoms with Gasteiger partial charge in [-0.2, -0.15) is 0 Å². The number of rotatable bonds is 2. The Kier molecular flexibility index (Phi) is 1.98. The molecule has 2 nitrogen and oxygen atoms in total. The standard InChI is InChI=1S/C7H13NO/c1-3-6-7(4-2)9-5-8-6/h8H,3-5H2,1-2H3. The molecule has 0 bridgehead atoms. The number of hydrogen-bond donors (Lipinski definition) is 1. The summed E-state index contributed by atoms with van der Waals surface area (Å²) < 4.78 is 5.27. The molecule has 1 heterocycles. The van der Waals surface area contributed by atoms with Gasteiger partial charge in [0.05, 0.1) is 5.70 Å². The van der Waals surface area contributed by atoms with E-state index in [0.717, 1.165) is 18.6 Å². The van der Waals surface area contributed by atoms with Gasteiger partial charge in [-0.25, -0.2) is 0 Å². The van der Waals surface area contributed by atoms with E-state index in [1.165, 1.54) is 5.70 Å². The molecule has 1 aliphatic rings. The van der Waals surface area contributed by atoms with Crippen LogP contribution in [0.5, 0.6) is 0 Å². The Morgan fingerprint density at radius 1 is 1.44 bits per heavy atom. The predicted molar refractivity (Wildman–Crippen MR) is 36.7 cm³/mol. The fraction of sp³-hybridized carbons (Fsp3) is 0.714. The maximum absolute atomic E-state index is 5.27. The average molecular weight is 127 g/mol. The van der Waals surface area contributed by atoms with E-state index in [-0.39, 0.29) is 0 Å². The molecular formula is C7H13NO. The molecule has 1 N–H and O–H groups in total. The van der Waals surface area contributed by atoms with E-state index in [9.17, 15) is 0 Å². The maximum Gasteiger partial charge on any atom is 0.158 e. The Labute approximate surface area is 55.9 Å². The van der Waals surface area contributed by atoms with Crippen LogP contribution in [0.25, 0.3) is 0 Å². The van der Waals surface area contributed by atoms with Crippen molar-refractivity contribution >= 4 is 0 Å². The minimum Gasteiger partial charge on any atom is -0.476 e. The largest absolute Gasteiger partial charge is 0.476 e. The van der Waals surface area contributed by atoms with E-state index < -0.39 is 0 Å². The molecule has 0 atom stereocenters. The van der Waals surface area contributed by atoms with Crippen molar-refractivity contribution in [3.05, 3.63) is 11.5 Å². The Balaban J connectivity index is 2.59. The van der Waals surface area contributed by atoms with E-state index in [4.69, 9.17) is 4.74 Å². The Bertz CT molecular complexity index is 115. The molecule has 0 saturated carbocycles. The van der Waals surface area contributed by atoms with Gasteiger partial charge in [-0.3, -0.25) is 0 Å². The molecule has 0 aromatic rings. The molecule has 0 aliphatic carbocycles. The number of nitrogens with one attached hydrogen (secondary N) is 1. The van der Waals surface area contributed by atoms with E-state index in [0.29, 0.717) is 6.73 Å². The van der Waals surface area contributed by atoms with Crippen molar-refractivity contribution in [3.63, 3.8) is 0 Å². The third kappa shape index (κ3) is 1.18. The molecular weight excluding hydrogens is 114 g/mol. The van der Waals surface area contributed by atoms with Crippen LogP contribution in [0, 0.1) is 0 Å². The molecule has 9 heavy (non-hydrogen) atoms. The molecule has 0 aromatic carbocycles. The fourth-order valence-electron chi connectivity index (χ4n) is 1.03. The summed E-state index contributed by atoms with van der Waals surface area (Å²) in [5, 5.41) is 3.16. The lowest BCUT2D eigenvalue weighted by Crippen LogP contribution is -2.06. The van der Waals surface area contributed by atoms with E-state index >= 15 is 0 Å². The van der Waals surface area contributed by atoms with Crippen LogP contribution in [0.1, 0.15) is 26.7 Å². The molecule has 2 heteroatoms. The van der Waals surface area contributed by atoms with Crippen molar-refractivity contribution < 1.29 is 4.74 Å². The van der Waals surface area contributed by atoms with Crippen molar-refractivity contribution in [2.45, 2.75) is 26.7 Å². The molecule has 0 radical (unpaired) electrons. The van der Waals surface area contributed by atoms with Crippen LogP contribution < -0.4 is 5.32 Å². The third-order valence-electron chi connectivity index (χ3n) is 1.54. The topological polar surface area (TPSA) is 21.3 Å². The molecule has 0 aromatic heterocycles. The summed E-state index contributed by atoms with van der Waals surface area (Å²) in [5.41, 5.74) is 1.28. The molecule has 0 saturated heterocycles. The zero-order valence-corrected chi connectivity index (χ0v) is 6.03. The Morgan fingerprint density at radius 3 is 2.67 bits per heavy atom. The quantitative estimate of drug-likeness (QED) is 0.608. The van der Waals surface area contributed by atoms with Crippen LogP contribution in [0.3, 0.4) is 0 Å². The van der Waals surface area contributed by atoms with Crippen molar-refractivity contribution in [1.82, 2.24) is 5.32 Å². The molecule has 0 fully saturated rings. The minimum absolute atomic E-state index is 0.673. The zero-order valence-electron chi connectivity index (χ0n) is 6.03. The lowest BCUT2D eigenvalue weighted by Gasteiger charge is -1.97. The van der Waals surface area contributed by atoms with Crippen molar-refractivity contribution in [1.29, 1.82) is 0 Å². The first-order valence-electron chi connectivity index (χ1n) is 3.47. The minimum atomic E-state index is 0.673. The first-order valence-corrected chi connectivity index (χ1v) is 3.47. The summed E-state index contributed by atoms with van der Waals surface area (Å²) >= 11 is 0. The fourth-order valence-corrected chi connectivity index (χ4v) is 1.03. The summed E-state index contributed by atoms with van der Waals surface area (Å²) in [6.07, 6.45) is 2.07. The van der Waals surface area contributed by atoms with Gasteiger partial charge in [-0.1, -0.05) is 13.8 Å². The van der Waals surface area contributed by atoms with Crippen LogP contribution in [-0.4, -0.2) is 6.73 Å². The molecule has 0 unspecified atom stereocenters. The van der Waals surface area contributed by atoms with Gasteiger partial charge in [-0.15, -0.1) is 0 Å². The second kappa shape index (κ2) is 2.76. The predicted octanol–water partition coefficient (Wildman–Crippen LogP) is 1.60. The summed E-state index contributed by atoms with van der Waals surface area (Å²) in [5.74, 6) is 1.14. The van der Waals surface area contributed by atoms with Crippen LogP contribution >= 0.6 is 0 Å². The summed E-state index contributed by atoms with van der Waals surface area (Å²) in [7, 11) is 0. The maximum atomic E-state index is 5.27. The first-order chi connectivity index (χ1) is 4.38. The van der Waals surface area contributed by atoms with Crippen molar-refractivity contribution in [3.8, 4) is 0 Å². The van der Waals surface area contributed by atoms with Crippen LogP contribution in [0.15, 0.2) is 11.5 Å². The highest BCUT2D eigenvalue weighted by atomic mass is 16.5. The normalized spacial score (nSPS) is 17.6. The Hall–Kier alpha value is -0.660. The van der Waals surface area contributed by atoms with E-state index in [1.54, 1.807) is 0 Å². The SMILES string of the molecule is CCC1=C(CC)OCN1. The second-order valence-electron chi connectivity index (χ2n) is 2.07. The van der Waals surface area contributed by atoms with Gasteiger partial charge < -0.3 is 10.1 Å². The molecule has 0 amide bonds. The number of hydrogen-bond acceptors (Lipinski definition) is 2.